The summed E-state index contributed by atoms with van der Waals surface area (Å²) in [4.78, 5) is 13.8. The fraction of sp³-hybridized carbons (Fsp3) is 0.415. The minimum Gasteiger partial charge on any atom is -0.380 e. The molecule has 0 fully saturated rings. The second-order valence-corrected chi connectivity index (χ2v) is 33.1. The summed E-state index contributed by atoms with van der Waals surface area (Å²) in [5.41, 5.74) is 27.5. The number of allylic oxidation sites excluding steroid dienone is 2. The van der Waals surface area contributed by atoms with Gasteiger partial charge in [-0.2, -0.15) is 0 Å². The smallest absolute Gasteiger partial charge is 0.0361 e. The fourth-order valence-corrected chi connectivity index (χ4v) is 13.7. The maximum absolute atomic E-state index is 6.92. The highest BCUT2D eigenvalue weighted by molar-refractivity contribution is 7.08. The number of benzene rings is 8. The van der Waals surface area contributed by atoms with Crippen LogP contribution in [0.25, 0.3) is 61.0 Å². The molecule has 4 heteroatoms. The van der Waals surface area contributed by atoms with Crippen molar-refractivity contribution in [3.05, 3.63) is 217 Å². The molecule has 0 aliphatic heterocycles. The normalized spacial score (nSPS) is 15.0. The van der Waals surface area contributed by atoms with E-state index in [1.807, 2.05) is 0 Å². The third kappa shape index (κ3) is 12.6. The molecule has 10 rings (SSSR count). The average Bonchev–Trinajstić information content (AvgIpc) is 0.692. The number of rotatable bonds is 5. The largest absolute Gasteiger partial charge is 0.380 e. The molecule has 0 heterocycles. The van der Waals surface area contributed by atoms with Crippen LogP contribution in [0.4, 0.5) is 0 Å². The van der Waals surface area contributed by atoms with Crippen LogP contribution in [-0.4, -0.2) is 9.79 Å². The average molecular weight is 1180 g/mol. The third-order valence-electron chi connectivity index (χ3n) is 18.3. The summed E-state index contributed by atoms with van der Waals surface area (Å²) in [6, 6.07) is 52.2. The molecule has 86 heavy (non-hydrogen) atoms. The molecule has 2 nitrogen and oxygen atoms in total. The van der Waals surface area contributed by atoms with E-state index in [9.17, 15) is 0 Å². The SMILES string of the molecule is CC(C)(C)c1ccc(C2=C(c3ccc(C(C)(C)C)cc3C(C)(C)C)C(c3ccc(C(C)(C)C)cc3C(C)(C)C)c3cccc4cc(-c5ccc(C(C)(C)C)cc5C(C)(C)C)c(-c5ccc6cccc7c6c5C=CC7)c2c34)c(C(C)(C)C)c1.OP.OP. The van der Waals surface area contributed by atoms with Crippen molar-refractivity contribution in [2.75, 3.05) is 0 Å². The van der Waals surface area contributed by atoms with Crippen molar-refractivity contribution < 1.29 is 9.79 Å². The van der Waals surface area contributed by atoms with Gasteiger partial charge < -0.3 is 9.79 Å². The molecular formula is C82H104O2P2. The predicted octanol–water partition coefficient (Wildman–Crippen LogP) is 22.9. The van der Waals surface area contributed by atoms with E-state index >= 15 is 0 Å². The summed E-state index contributed by atoms with van der Waals surface area (Å²) in [6.45, 7) is 57.7. The van der Waals surface area contributed by atoms with E-state index < -0.39 is 0 Å². The Morgan fingerprint density at radius 1 is 0.337 bits per heavy atom. The van der Waals surface area contributed by atoms with Gasteiger partial charge in [-0.15, -0.1) is 0 Å². The van der Waals surface area contributed by atoms with Crippen LogP contribution in [0.15, 0.2) is 133 Å². The molecule has 0 aromatic heterocycles. The minimum atomic E-state index is -0.222. The van der Waals surface area contributed by atoms with Crippen LogP contribution in [0.2, 0.25) is 0 Å². The molecule has 454 valence electrons. The Labute approximate surface area is 525 Å². The van der Waals surface area contributed by atoms with Crippen LogP contribution in [0.1, 0.15) is 256 Å². The van der Waals surface area contributed by atoms with Gasteiger partial charge in [0, 0.05) is 5.92 Å². The molecule has 0 amide bonds. The highest BCUT2D eigenvalue weighted by Gasteiger charge is 2.42. The Balaban J connectivity index is 0.00000235. The zero-order valence-electron chi connectivity index (χ0n) is 57.1. The lowest BCUT2D eigenvalue weighted by atomic mass is 9.62. The third-order valence-corrected chi connectivity index (χ3v) is 18.3. The van der Waals surface area contributed by atoms with Gasteiger partial charge in [0.05, 0.1) is 0 Å². The lowest BCUT2D eigenvalue weighted by molar-refractivity contribution is 0.561. The Morgan fingerprint density at radius 2 is 0.756 bits per heavy atom. The molecule has 2 aliphatic rings. The Hall–Kier alpha value is -5.46. The van der Waals surface area contributed by atoms with Crippen molar-refractivity contribution in [1.82, 2.24) is 0 Å². The van der Waals surface area contributed by atoms with Gasteiger partial charge in [0.1, 0.15) is 0 Å². The molecule has 8 aromatic rings. The van der Waals surface area contributed by atoms with E-state index in [-0.39, 0.29) is 49.2 Å². The first-order valence-electron chi connectivity index (χ1n) is 31.4. The second kappa shape index (κ2) is 23.5. The number of hydrogen-bond acceptors (Lipinski definition) is 2. The highest BCUT2D eigenvalue weighted by Crippen LogP contribution is 2.60. The van der Waals surface area contributed by atoms with Gasteiger partial charge in [-0.3, -0.25) is 0 Å². The van der Waals surface area contributed by atoms with E-state index in [0.717, 1.165) is 6.42 Å². The van der Waals surface area contributed by atoms with Crippen molar-refractivity contribution >= 4 is 57.7 Å². The molecule has 0 saturated heterocycles. The van der Waals surface area contributed by atoms with Gasteiger partial charge in [-0.05, 0) is 213 Å². The van der Waals surface area contributed by atoms with Crippen LogP contribution >= 0.6 is 18.9 Å². The lowest BCUT2D eigenvalue weighted by Gasteiger charge is -2.40. The van der Waals surface area contributed by atoms with Gasteiger partial charge in [-0.25, -0.2) is 0 Å². The van der Waals surface area contributed by atoms with Gasteiger partial charge in [0.15, 0.2) is 0 Å². The van der Waals surface area contributed by atoms with E-state index in [1.54, 1.807) is 0 Å². The molecule has 0 radical (unpaired) electrons. The maximum Gasteiger partial charge on any atom is 0.0361 e. The van der Waals surface area contributed by atoms with Crippen LogP contribution < -0.4 is 0 Å². The lowest BCUT2D eigenvalue weighted by Crippen LogP contribution is -2.25. The first kappa shape index (κ1) is 66.5. The first-order valence-corrected chi connectivity index (χ1v) is 32.5. The van der Waals surface area contributed by atoms with Gasteiger partial charge >= 0.3 is 0 Å². The van der Waals surface area contributed by atoms with Crippen LogP contribution in [0, 0.1) is 0 Å². The highest BCUT2D eigenvalue weighted by atomic mass is 31.0. The summed E-state index contributed by atoms with van der Waals surface area (Å²) in [7, 11) is 2.83. The van der Waals surface area contributed by atoms with E-state index in [0.29, 0.717) is 0 Å². The molecule has 2 aliphatic carbocycles. The van der Waals surface area contributed by atoms with Crippen molar-refractivity contribution in [2.45, 2.75) is 222 Å². The number of hydrogen-bond donors (Lipinski definition) is 2. The molecule has 3 unspecified atom stereocenters. The Bertz CT molecular complexity index is 3950. The molecule has 2 N–H and O–H groups in total. The molecule has 0 saturated carbocycles. The van der Waals surface area contributed by atoms with Crippen molar-refractivity contribution in [1.29, 1.82) is 0 Å². The van der Waals surface area contributed by atoms with E-state index in [4.69, 9.17) is 9.79 Å². The zero-order valence-corrected chi connectivity index (χ0v) is 59.4. The van der Waals surface area contributed by atoms with E-state index in [2.05, 4.69) is 306 Å². The standard InChI is InChI=1S/C82H98.2H3OP/c1-75(2,3)52-35-40-56(64(45-52)79(13,14)15)63-44-51-31-27-33-62-69(51)74(70(63)58-39-34-50-29-25-28-49-30-26-32-57(58)68(49)50)73(61-43-38-55(78(10,11)12)48-67(61)82(22,23)24)72(60-42-37-54(77(7,8)9)47-66(60)81(19,20)21)71(62)59-41-36-53(76(4,5)6)46-65(59)80(16,17)18;2*1-2/h25-29,31-48,71H,30H2,1-24H3;2*1H,2H2. The van der Waals surface area contributed by atoms with Crippen LogP contribution in [-0.2, 0) is 49.7 Å². The Kier molecular flexibility index (Phi) is 18.2. The molecule has 0 bridgehead atoms. The topological polar surface area (TPSA) is 40.5 Å². The van der Waals surface area contributed by atoms with Crippen molar-refractivity contribution in [2.24, 2.45) is 0 Å². The predicted molar refractivity (Wildman–Crippen MR) is 386 cm³/mol. The van der Waals surface area contributed by atoms with Crippen LogP contribution in [0.3, 0.4) is 0 Å². The summed E-state index contributed by atoms with van der Waals surface area (Å²) in [6.07, 6.45) is 5.81. The summed E-state index contributed by atoms with van der Waals surface area (Å²) in [5, 5.41) is 5.31. The first-order chi connectivity index (χ1) is 39.8. The summed E-state index contributed by atoms with van der Waals surface area (Å²) >= 11 is 0. The monoisotopic (exact) mass is 1180 g/mol. The molecule has 3 atom stereocenters. The van der Waals surface area contributed by atoms with Crippen molar-refractivity contribution in [3.63, 3.8) is 0 Å². The maximum atomic E-state index is 6.92. The minimum absolute atomic E-state index is 0.0258. The molecule has 0 spiro atoms. The van der Waals surface area contributed by atoms with Gasteiger partial charge in [-0.1, -0.05) is 300 Å². The van der Waals surface area contributed by atoms with Gasteiger partial charge in [0.2, 0.25) is 0 Å². The molecule has 8 aromatic carbocycles. The zero-order chi connectivity index (χ0) is 64.0. The van der Waals surface area contributed by atoms with E-state index in [1.165, 1.54) is 157 Å². The van der Waals surface area contributed by atoms with Gasteiger partial charge in [0.25, 0.3) is 0 Å². The fourth-order valence-electron chi connectivity index (χ4n) is 13.7. The summed E-state index contributed by atoms with van der Waals surface area (Å²) in [5.74, 6) is -0.123. The van der Waals surface area contributed by atoms with Crippen molar-refractivity contribution in [3.8, 4) is 22.3 Å². The summed E-state index contributed by atoms with van der Waals surface area (Å²) < 4.78 is 0. The van der Waals surface area contributed by atoms with Crippen LogP contribution in [0.5, 0.6) is 0 Å². The molecular weight excluding hydrogens is 1080 g/mol. The Morgan fingerprint density at radius 3 is 1.26 bits per heavy atom. The second-order valence-electron chi connectivity index (χ2n) is 33.1. The quantitative estimate of drug-likeness (QED) is 0.169.